The summed E-state index contributed by atoms with van der Waals surface area (Å²) >= 11 is 0. The maximum Gasteiger partial charge on any atom is 0.0821 e. The Kier molecular flexibility index (Phi) is 4.91. The van der Waals surface area contributed by atoms with Gasteiger partial charge in [-0.05, 0) is 37.7 Å². The number of hydrogen-bond acceptors (Lipinski definition) is 2. The number of aliphatic hydroxyl groups is 1. The molecule has 2 atom stereocenters. The van der Waals surface area contributed by atoms with Crippen molar-refractivity contribution in [2.24, 2.45) is 0 Å². The van der Waals surface area contributed by atoms with Crippen LogP contribution < -0.4 is 0 Å². The van der Waals surface area contributed by atoms with Gasteiger partial charge in [0.25, 0.3) is 0 Å². The Morgan fingerprint density at radius 1 is 1.50 bits per heavy atom. The molecular formula is C12H20O2. The predicted molar refractivity (Wildman–Crippen MR) is 58.2 cm³/mol. The summed E-state index contributed by atoms with van der Waals surface area (Å²) in [5.74, 6) is 0. The lowest BCUT2D eigenvalue weighted by molar-refractivity contribution is 0.0470. The third-order valence-corrected chi connectivity index (χ3v) is 2.62. The first kappa shape index (κ1) is 11.5. The van der Waals surface area contributed by atoms with E-state index in [-0.39, 0.29) is 12.7 Å². The van der Waals surface area contributed by atoms with Gasteiger partial charge in [0.2, 0.25) is 0 Å². The zero-order chi connectivity index (χ0) is 10.4. The standard InChI is InChI=1S/C12H20O2/c1-3-6-12-10(2)9-11(14-12)7-4-5-8-13/h3,11-13H,1-2,4-9H2. The zero-order valence-corrected chi connectivity index (χ0v) is 8.74. The molecule has 0 radical (unpaired) electrons. The summed E-state index contributed by atoms with van der Waals surface area (Å²) in [6, 6.07) is 0. The predicted octanol–water partition coefficient (Wildman–Crippen LogP) is 2.44. The van der Waals surface area contributed by atoms with Crippen LogP contribution in [0.25, 0.3) is 0 Å². The van der Waals surface area contributed by atoms with E-state index in [0.717, 1.165) is 32.1 Å². The lowest BCUT2D eigenvalue weighted by Crippen LogP contribution is -2.10. The van der Waals surface area contributed by atoms with Gasteiger partial charge in [-0.1, -0.05) is 12.7 Å². The Balaban J connectivity index is 2.24. The average Bonchev–Trinajstić information content (AvgIpc) is 2.49. The summed E-state index contributed by atoms with van der Waals surface area (Å²) in [7, 11) is 0. The summed E-state index contributed by atoms with van der Waals surface area (Å²) in [5.41, 5.74) is 1.19. The van der Waals surface area contributed by atoms with Gasteiger partial charge < -0.3 is 9.84 Å². The van der Waals surface area contributed by atoms with Crippen LogP contribution in [0.4, 0.5) is 0 Å². The molecular weight excluding hydrogens is 176 g/mol. The van der Waals surface area contributed by atoms with Crippen LogP contribution in [0.1, 0.15) is 32.1 Å². The summed E-state index contributed by atoms with van der Waals surface area (Å²) in [6.07, 6.45) is 7.18. The highest BCUT2D eigenvalue weighted by Crippen LogP contribution is 2.29. The van der Waals surface area contributed by atoms with E-state index in [1.165, 1.54) is 5.57 Å². The molecule has 0 aromatic rings. The molecule has 2 unspecified atom stereocenters. The van der Waals surface area contributed by atoms with Crippen LogP contribution in [-0.2, 0) is 4.74 Å². The number of aliphatic hydroxyl groups excluding tert-OH is 1. The van der Waals surface area contributed by atoms with Gasteiger partial charge in [0.05, 0.1) is 12.2 Å². The van der Waals surface area contributed by atoms with E-state index in [1.807, 2.05) is 6.08 Å². The van der Waals surface area contributed by atoms with Crippen molar-refractivity contribution in [2.75, 3.05) is 6.61 Å². The van der Waals surface area contributed by atoms with E-state index in [9.17, 15) is 0 Å². The third kappa shape index (κ3) is 3.28. The Morgan fingerprint density at radius 2 is 2.29 bits per heavy atom. The lowest BCUT2D eigenvalue weighted by atomic mass is 10.0. The minimum Gasteiger partial charge on any atom is -0.396 e. The molecule has 1 fully saturated rings. The zero-order valence-electron chi connectivity index (χ0n) is 8.74. The number of ether oxygens (including phenoxy) is 1. The van der Waals surface area contributed by atoms with Crippen LogP contribution in [0, 0.1) is 0 Å². The fourth-order valence-electron chi connectivity index (χ4n) is 1.83. The van der Waals surface area contributed by atoms with Gasteiger partial charge in [-0.2, -0.15) is 0 Å². The van der Waals surface area contributed by atoms with Gasteiger partial charge in [-0.25, -0.2) is 0 Å². The maximum absolute atomic E-state index is 8.66. The number of hydrogen-bond donors (Lipinski definition) is 1. The van der Waals surface area contributed by atoms with Gasteiger partial charge in [-0.3, -0.25) is 0 Å². The third-order valence-electron chi connectivity index (χ3n) is 2.62. The molecule has 1 rings (SSSR count). The average molecular weight is 196 g/mol. The molecule has 0 aromatic carbocycles. The Morgan fingerprint density at radius 3 is 2.93 bits per heavy atom. The molecule has 1 N–H and O–H groups in total. The van der Waals surface area contributed by atoms with E-state index in [2.05, 4.69) is 13.2 Å². The molecule has 0 amide bonds. The van der Waals surface area contributed by atoms with Crippen LogP contribution >= 0.6 is 0 Å². The van der Waals surface area contributed by atoms with Crippen molar-refractivity contribution >= 4 is 0 Å². The van der Waals surface area contributed by atoms with E-state index in [0.29, 0.717) is 6.10 Å². The molecule has 1 heterocycles. The molecule has 1 saturated heterocycles. The second-order valence-electron chi connectivity index (χ2n) is 3.85. The normalized spacial score (nSPS) is 26.8. The van der Waals surface area contributed by atoms with E-state index in [1.54, 1.807) is 0 Å². The molecule has 0 bridgehead atoms. The molecule has 0 spiro atoms. The van der Waals surface area contributed by atoms with Gasteiger partial charge in [0.15, 0.2) is 0 Å². The molecule has 80 valence electrons. The smallest absolute Gasteiger partial charge is 0.0821 e. The molecule has 2 heteroatoms. The van der Waals surface area contributed by atoms with E-state index < -0.39 is 0 Å². The van der Waals surface area contributed by atoms with Crippen LogP contribution in [0.15, 0.2) is 24.8 Å². The Labute approximate surface area is 86.3 Å². The molecule has 0 aromatic heterocycles. The molecule has 0 saturated carbocycles. The first-order chi connectivity index (χ1) is 6.77. The van der Waals surface area contributed by atoms with Gasteiger partial charge in [-0.15, -0.1) is 6.58 Å². The van der Waals surface area contributed by atoms with Crippen molar-refractivity contribution in [1.82, 2.24) is 0 Å². The van der Waals surface area contributed by atoms with Crippen LogP contribution in [0.5, 0.6) is 0 Å². The summed E-state index contributed by atoms with van der Waals surface area (Å²) in [5, 5.41) is 8.66. The highest BCUT2D eigenvalue weighted by molar-refractivity contribution is 5.10. The minimum absolute atomic E-state index is 0.187. The molecule has 14 heavy (non-hydrogen) atoms. The Bertz CT molecular complexity index is 198. The van der Waals surface area contributed by atoms with Crippen molar-refractivity contribution in [3.05, 3.63) is 24.8 Å². The fourth-order valence-corrected chi connectivity index (χ4v) is 1.83. The maximum atomic E-state index is 8.66. The monoisotopic (exact) mass is 196 g/mol. The highest BCUT2D eigenvalue weighted by atomic mass is 16.5. The second-order valence-corrected chi connectivity index (χ2v) is 3.85. The quantitative estimate of drug-likeness (QED) is 0.522. The summed E-state index contributed by atoms with van der Waals surface area (Å²) in [4.78, 5) is 0. The first-order valence-electron chi connectivity index (χ1n) is 5.32. The van der Waals surface area contributed by atoms with Crippen LogP contribution in [0.3, 0.4) is 0 Å². The van der Waals surface area contributed by atoms with Gasteiger partial charge in [0, 0.05) is 6.61 Å². The van der Waals surface area contributed by atoms with Crippen LogP contribution in [-0.4, -0.2) is 23.9 Å². The lowest BCUT2D eigenvalue weighted by Gasteiger charge is -2.11. The summed E-state index contributed by atoms with van der Waals surface area (Å²) < 4.78 is 5.81. The number of unbranched alkanes of at least 4 members (excludes halogenated alkanes) is 1. The van der Waals surface area contributed by atoms with Crippen molar-refractivity contribution in [2.45, 2.75) is 44.3 Å². The minimum atomic E-state index is 0.187. The first-order valence-corrected chi connectivity index (χ1v) is 5.32. The SMILES string of the molecule is C=CCC1OC(CCCCO)CC1=C. The summed E-state index contributed by atoms with van der Waals surface area (Å²) in [6.45, 7) is 8.00. The fraction of sp³-hybridized carbons (Fsp3) is 0.667. The highest BCUT2D eigenvalue weighted by Gasteiger charge is 2.26. The van der Waals surface area contributed by atoms with Crippen molar-refractivity contribution in [1.29, 1.82) is 0 Å². The van der Waals surface area contributed by atoms with Gasteiger partial charge in [0.1, 0.15) is 0 Å². The Hall–Kier alpha value is -0.600. The largest absolute Gasteiger partial charge is 0.396 e. The van der Waals surface area contributed by atoms with E-state index in [4.69, 9.17) is 9.84 Å². The second kappa shape index (κ2) is 5.99. The molecule has 0 aliphatic carbocycles. The van der Waals surface area contributed by atoms with Crippen molar-refractivity contribution in [3.8, 4) is 0 Å². The molecule has 1 aliphatic heterocycles. The van der Waals surface area contributed by atoms with E-state index >= 15 is 0 Å². The molecule has 1 aliphatic rings. The van der Waals surface area contributed by atoms with Gasteiger partial charge >= 0.3 is 0 Å². The number of rotatable bonds is 6. The van der Waals surface area contributed by atoms with Crippen molar-refractivity contribution < 1.29 is 9.84 Å². The van der Waals surface area contributed by atoms with Crippen molar-refractivity contribution in [3.63, 3.8) is 0 Å². The molecule has 2 nitrogen and oxygen atoms in total. The topological polar surface area (TPSA) is 29.5 Å². The van der Waals surface area contributed by atoms with Crippen LogP contribution in [0.2, 0.25) is 0 Å².